The first-order valence-corrected chi connectivity index (χ1v) is 7.32. The maximum absolute atomic E-state index is 12.0. The van der Waals surface area contributed by atoms with E-state index in [4.69, 9.17) is 0 Å². The summed E-state index contributed by atoms with van der Waals surface area (Å²) in [6.45, 7) is 3.42. The predicted molar refractivity (Wildman–Crippen MR) is 80.9 cm³/mol. The molecule has 1 heterocycles. The lowest BCUT2D eigenvalue weighted by atomic mass is 10.0. The van der Waals surface area contributed by atoms with E-state index in [1.165, 1.54) is 18.3 Å². The second-order valence-corrected chi connectivity index (χ2v) is 5.49. The highest BCUT2D eigenvalue weighted by Gasteiger charge is 2.17. The minimum atomic E-state index is -0.365. The predicted octanol–water partition coefficient (Wildman–Crippen LogP) is 2.05. The third-order valence-corrected chi connectivity index (χ3v) is 3.46. The van der Waals surface area contributed by atoms with E-state index < -0.39 is 0 Å². The summed E-state index contributed by atoms with van der Waals surface area (Å²) < 4.78 is 0. The maximum Gasteiger partial charge on any atom is 0.228 e. The summed E-state index contributed by atoms with van der Waals surface area (Å²) in [6.07, 6.45) is 0.141. The Bertz CT molecular complexity index is 610. The first kappa shape index (κ1) is 15.1. The fourth-order valence-corrected chi connectivity index (χ4v) is 2.34. The molecule has 2 N–H and O–H groups in total. The normalized spacial score (nSPS) is 11.7. The summed E-state index contributed by atoms with van der Waals surface area (Å²) in [4.78, 5) is 23.3. The number of rotatable bonds is 5. The Hall–Kier alpha value is -2.28. The largest absolute Gasteiger partial charge is 0.349 e. The van der Waals surface area contributed by atoms with Crippen LogP contribution in [0.3, 0.4) is 0 Å². The number of benzene rings is 1. The third kappa shape index (κ3) is 4.64. The molecule has 6 nitrogen and oxygen atoms in total. The molecule has 0 fully saturated rings. The number of nitrogens with zero attached hydrogens (tertiary/aromatic N) is 2. The van der Waals surface area contributed by atoms with E-state index in [2.05, 4.69) is 20.8 Å². The van der Waals surface area contributed by atoms with Crippen LogP contribution >= 0.6 is 11.3 Å². The zero-order valence-electron chi connectivity index (χ0n) is 11.8. The molecule has 2 rings (SSSR count). The van der Waals surface area contributed by atoms with Crippen molar-refractivity contribution < 1.29 is 9.59 Å². The quantitative estimate of drug-likeness (QED) is 0.885. The van der Waals surface area contributed by atoms with Crippen LogP contribution in [0.4, 0.5) is 5.13 Å². The highest BCUT2D eigenvalue weighted by Crippen LogP contribution is 2.19. The van der Waals surface area contributed by atoms with Gasteiger partial charge in [0.05, 0.1) is 12.5 Å². The molecule has 0 aliphatic heterocycles. The molecule has 0 saturated carbocycles. The van der Waals surface area contributed by atoms with Crippen LogP contribution in [-0.4, -0.2) is 22.0 Å². The van der Waals surface area contributed by atoms with Crippen LogP contribution in [0.2, 0.25) is 0 Å². The van der Waals surface area contributed by atoms with Gasteiger partial charge in [-0.25, -0.2) is 0 Å². The van der Waals surface area contributed by atoms with Crippen molar-refractivity contribution in [1.82, 2.24) is 15.5 Å². The van der Waals surface area contributed by atoms with Gasteiger partial charge >= 0.3 is 0 Å². The van der Waals surface area contributed by atoms with Crippen molar-refractivity contribution in [2.24, 2.45) is 0 Å². The molecule has 1 aromatic heterocycles. The molecule has 0 aliphatic carbocycles. The number of nitrogens with one attached hydrogen (secondary N) is 2. The Balaban J connectivity index is 2.07. The Morgan fingerprint density at radius 2 is 2.00 bits per heavy atom. The minimum absolute atomic E-state index is 0.141. The van der Waals surface area contributed by atoms with E-state index in [1.54, 1.807) is 5.51 Å². The Morgan fingerprint density at radius 1 is 1.29 bits per heavy atom. The highest BCUT2D eigenvalue weighted by atomic mass is 32.1. The molecular formula is C14H16N4O2S. The Morgan fingerprint density at radius 3 is 2.57 bits per heavy atom. The molecule has 21 heavy (non-hydrogen) atoms. The van der Waals surface area contributed by atoms with Crippen LogP contribution in [0.15, 0.2) is 29.8 Å². The average Bonchev–Trinajstić information content (AvgIpc) is 2.91. The second kappa shape index (κ2) is 6.94. The van der Waals surface area contributed by atoms with Gasteiger partial charge in [-0.05, 0) is 12.5 Å². The molecule has 0 saturated heterocycles. The fourth-order valence-electron chi connectivity index (χ4n) is 1.88. The van der Waals surface area contributed by atoms with E-state index in [0.717, 1.165) is 11.1 Å². The number of amides is 2. The van der Waals surface area contributed by atoms with Crippen LogP contribution in [0.5, 0.6) is 0 Å². The number of carbonyl (C=O) groups is 2. The van der Waals surface area contributed by atoms with Gasteiger partial charge in [0.25, 0.3) is 0 Å². The molecule has 0 bridgehead atoms. The minimum Gasteiger partial charge on any atom is -0.349 e. The van der Waals surface area contributed by atoms with Crippen LogP contribution in [0.25, 0.3) is 0 Å². The topological polar surface area (TPSA) is 84.0 Å². The SMILES string of the molecule is CC(=O)NC(CC(=O)Nc1nncs1)c1ccc(C)cc1. The van der Waals surface area contributed by atoms with Gasteiger partial charge < -0.3 is 10.6 Å². The van der Waals surface area contributed by atoms with Crippen molar-refractivity contribution >= 4 is 28.3 Å². The van der Waals surface area contributed by atoms with Gasteiger partial charge in [0.1, 0.15) is 5.51 Å². The van der Waals surface area contributed by atoms with Crippen molar-refractivity contribution in [2.45, 2.75) is 26.3 Å². The lowest BCUT2D eigenvalue weighted by molar-refractivity contribution is -0.120. The van der Waals surface area contributed by atoms with Crippen LogP contribution in [0.1, 0.15) is 30.5 Å². The van der Waals surface area contributed by atoms with Crippen LogP contribution < -0.4 is 10.6 Å². The number of aromatic nitrogens is 2. The molecular weight excluding hydrogens is 288 g/mol. The van der Waals surface area contributed by atoms with Crippen molar-refractivity contribution in [2.75, 3.05) is 5.32 Å². The van der Waals surface area contributed by atoms with Crippen molar-refractivity contribution in [3.63, 3.8) is 0 Å². The first-order chi connectivity index (χ1) is 10.0. The van der Waals surface area contributed by atoms with Crippen molar-refractivity contribution in [3.8, 4) is 0 Å². The molecule has 1 atom stereocenters. The van der Waals surface area contributed by atoms with Gasteiger partial charge in [-0.1, -0.05) is 41.2 Å². The standard InChI is InChI=1S/C14H16N4O2S/c1-9-3-5-11(6-4-9)12(16-10(2)19)7-13(20)17-14-18-15-8-21-14/h3-6,8,12H,7H2,1-2H3,(H,16,19)(H,17,18,20). The lowest BCUT2D eigenvalue weighted by Crippen LogP contribution is -2.29. The van der Waals surface area contributed by atoms with Crippen molar-refractivity contribution in [3.05, 3.63) is 40.9 Å². The number of carbonyl (C=O) groups excluding carboxylic acids is 2. The molecule has 2 aromatic rings. The van der Waals surface area contributed by atoms with Gasteiger partial charge in [-0.2, -0.15) is 0 Å². The number of anilines is 1. The van der Waals surface area contributed by atoms with E-state index in [-0.39, 0.29) is 24.3 Å². The molecule has 2 amide bonds. The first-order valence-electron chi connectivity index (χ1n) is 6.44. The summed E-state index contributed by atoms with van der Waals surface area (Å²) in [5.41, 5.74) is 3.56. The van der Waals surface area contributed by atoms with Crippen LogP contribution in [0, 0.1) is 6.92 Å². The molecule has 1 unspecified atom stereocenters. The van der Waals surface area contributed by atoms with Gasteiger partial charge in [-0.3, -0.25) is 9.59 Å². The lowest BCUT2D eigenvalue weighted by Gasteiger charge is -2.17. The number of hydrogen-bond donors (Lipinski definition) is 2. The maximum atomic E-state index is 12.0. The molecule has 0 aliphatic rings. The summed E-state index contributed by atoms with van der Waals surface area (Å²) >= 11 is 1.25. The third-order valence-electron chi connectivity index (χ3n) is 2.85. The zero-order chi connectivity index (χ0) is 15.2. The monoisotopic (exact) mass is 304 g/mol. The number of hydrogen-bond acceptors (Lipinski definition) is 5. The Labute approximate surface area is 126 Å². The zero-order valence-corrected chi connectivity index (χ0v) is 12.6. The molecule has 0 spiro atoms. The van der Waals surface area contributed by atoms with Gasteiger partial charge in [0.2, 0.25) is 16.9 Å². The molecule has 7 heteroatoms. The smallest absolute Gasteiger partial charge is 0.228 e. The fraction of sp³-hybridized carbons (Fsp3) is 0.286. The molecule has 1 aromatic carbocycles. The van der Waals surface area contributed by atoms with Gasteiger partial charge in [-0.15, -0.1) is 10.2 Å². The molecule has 0 radical (unpaired) electrons. The van der Waals surface area contributed by atoms with E-state index in [0.29, 0.717) is 5.13 Å². The summed E-state index contributed by atoms with van der Waals surface area (Å²) in [5, 5.41) is 13.3. The van der Waals surface area contributed by atoms with E-state index >= 15 is 0 Å². The van der Waals surface area contributed by atoms with Gasteiger partial charge in [0, 0.05) is 6.92 Å². The Kier molecular flexibility index (Phi) is 4.99. The van der Waals surface area contributed by atoms with E-state index in [9.17, 15) is 9.59 Å². The van der Waals surface area contributed by atoms with Crippen molar-refractivity contribution in [1.29, 1.82) is 0 Å². The summed E-state index contributed by atoms with van der Waals surface area (Å²) in [7, 11) is 0. The van der Waals surface area contributed by atoms with E-state index in [1.807, 2.05) is 31.2 Å². The summed E-state index contributed by atoms with van der Waals surface area (Å²) in [5.74, 6) is -0.393. The average molecular weight is 304 g/mol. The van der Waals surface area contributed by atoms with Gasteiger partial charge in [0.15, 0.2) is 0 Å². The van der Waals surface area contributed by atoms with Crippen LogP contribution in [-0.2, 0) is 9.59 Å². The highest BCUT2D eigenvalue weighted by molar-refractivity contribution is 7.13. The summed E-state index contributed by atoms with van der Waals surface area (Å²) in [6, 6.07) is 7.36. The second-order valence-electron chi connectivity index (χ2n) is 4.66. The number of aryl methyl sites for hydroxylation is 1. The molecule has 110 valence electrons.